The van der Waals surface area contributed by atoms with Crippen LogP contribution in [0.1, 0.15) is 32.8 Å². The number of nitrogens with one attached hydrogen (secondary N) is 1. The first-order valence-electron chi connectivity index (χ1n) is 7.31. The summed E-state index contributed by atoms with van der Waals surface area (Å²) >= 11 is 0. The summed E-state index contributed by atoms with van der Waals surface area (Å²) < 4.78 is 11.1. The second kappa shape index (κ2) is 7.70. The molecule has 5 nitrogen and oxygen atoms in total. The number of hydrogen-bond donors (Lipinski definition) is 2. The van der Waals surface area contributed by atoms with E-state index in [0.29, 0.717) is 26.2 Å². The number of rotatable bonds is 5. The minimum Gasteiger partial charge on any atom is -0.486 e. The summed E-state index contributed by atoms with van der Waals surface area (Å²) in [5.74, 6) is 1.53. The fraction of sp³-hybridized carbons (Fsp3) is 0.562. The molecule has 0 aromatic heterocycles. The van der Waals surface area contributed by atoms with Crippen molar-refractivity contribution in [3.8, 4) is 11.5 Å². The van der Waals surface area contributed by atoms with Crippen molar-refractivity contribution in [1.29, 1.82) is 0 Å². The Hall–Kier alpha value is -1.46. The van der Waals surface area contributed by atoms with Crippen LogP contribution in [-0.2, 0) is 10.2 Å². The molecule has 1 aromatic rings. The maximum Gasteiger partial charge on any atom is 0.221 e. The molecule has 1 heterocycles. The fourth-order valence-electron chi connectivity index (χ4n) is 2.25. The number of benzene rings is 1. The average Bonchev–Trinajstić information content (AvgIpc) is 2.44. The second-order valence-electron chi connectivity index (χ2n) is 6.20. The topological polar surface area (TPSA) is 73.6 Å². The Balaban J connectivity index is 0.00000242. The van der Waals surface area contributed by atoms with E-state index >= 15 is 0 Å². The van der Waals surface area contributed by atoms with Crippen molar-refractivity contribution >= 4 is 18.3 Å². The predicted octanol–water partition coefficient (Wildman–Crippen LogP) is 2.01. The number of ether oxygens (including phenoxy) is 2. The van der Waals surface area contributed by atoms with Gasteiger partial charge in [0.05, 0.1) is 0 Å². The lowest BCUT2D eigenvalue weighted by atomic mass is 9.84. The standard InChI is InChI=1S/C16H24N2O3.ClH/c1-11(17)8-15(19)18-10-16(2,3)12-4-5-13-14(9-12)21-7-6-20-13;/h4-5,9,11H,6-8,10,17H2,1-3H3,(H,18,19);1H. The molecule has 3 N–H and O–H groups in total. The molecule has 2 rings (SSSR count). The quantitative estimate of drug-likeness (QED) is 0.867. The highest BCUT2D eigenvalue weighted by molar-refractivity contribution is 5.85. The van der Waals surface area contributed by atoms with Gasteiger partial charge in [0.15, 0.2) is 11.5 Å². The van der Waals surface area contributed by atoms with Gasteiger partial charge in [0.2, 0.25) is 5.91 Å². The first-order valence-corrected chi connectivity index (χ1v) is 7.31. The first-order chi connectivity index (χ1) is 9.88. The lowest BCUT2D eigenvalue weighted by molar-refractivity contribution is -0.121. The fourth-order valence-corrected chi connectivity index (χ4v) is 2.25. The molecule has 0 bridgehead atoms. The molecule has 0 saturated heterocycles. The van der Waals surface area contributed by atoms with Gasteiger partial charge in [0.1, 0.15) is 13.2 Å². The number of carbonyl (C=O) groups is 1. The van der Waals surface area contributed by atoms with Crippen molar-refractivity contribution in [3.05, 3.63) is 23.8 Å². The van der Waals surface area contributed by atoms with Gasteiger partial charge >= 0.3 is 0 Å². The minimum absolute atomic E-state index is 0. The Morgan fingerprint density at radius 1 is 1.32 bits per heavy atom. The normalized spacial score (nSPS) is 14.7. The van der Waals surface area contributed by atoms with E-state index in [9.17, 15) is 4.79 Å². The van der Waals surface area contributed by atoms with Crippen LogP contribution in [0.25, 0.3) is 0 Å². The van der Waals surface area contributed by atoms with E-state index in [-0.39, 0.29) is 29.8 Å². The van der Waals surface area contributed by atoms with Crippen molar-refractivity contribution < 1.29 is 14.3 Å². The van der Waals surface area contributed by atoms with Gasteiger partial charge in [-0.05, 0) is 24.6 Å². The van der Waals surface area contributed by atoms with Crippen molar-refractivity contribution in [2.75, 3.05) is 19.8 Å². The van der Waals surface area contributed by atoms with Gasteiger partial charge in [-0.2, -0.15) is 0 Å². The Labute approximate surface area is 138 Å². The van der Waals surface area contributed by atoms with Crippen LogP contribution in [0.15, 0.2) is 18.2 Å². The average molecular weight is 329 g/mol. The molecule has 0 saturated carbocycles. The summed E-state index contributed by atoms with van der Waals surface area (Å²) in [6.45, 7) is 7.71. The Bertz CT molecular complexity index is 518. The summed E-state index contributed by atoms with van der Waals surface area (Å²) in [7, 11) is 0. The zero-order chi connectivity index (χ0) is 15.5. The van der Waals surface area contributed by atoms with Gasteiger partial charge in [-0.15, -0.1) is 12.4 Å². The Morgan fingerprint density at radius 2 is 1.95 bits per heavy atom. The highest BCUT2D eigenvalue weighted by atomic mass is 35.5. The van der Waals surface area contributed by atoms with E-state index in [1.807, 2.05) is 25.1 Å². The molecule has 1 unspecified atom stereocenters. The molecule has 1 aromatic carbocycles. The van der Waals surface area contributed by atoms with Crippen molar-refractivity contribution in [1.82, 2.24) is 5.32 Å². The predicted molar refractivity (Wildman–Crippen MR) is 89.0 cm³/mol. The molecule has 1 atom stereocenters. The van der Waals surface area contributed by atoms with Crippen LogP contribution < -0.4 is 20.5 Å². The summed E-state index contributed by atoms with van der Waals surface area (Å²) in [5, 5.41) is 2.94. The summed E-state index contributed by atoms with van der Waals surface area (Å²) in [6.07, 6.45) is 0.344. The number of amides is 1. The highest BCUT2D eigenvalue weighted by Gasteiger charge is 2.24. The Kier molecular flexibility index (Phi) is 6.50. The molecule has 1 amide bonds. The lowest BCUT2D eigenvalue weighted by Gasteiger charge is -2.28. The molecular weight excluding hydrogens is 304 g/mol. The lowest BCUT2D eigenvalue weighted by Crippen LogP contribution is -2.38. The monoisotopic (exact) mass is 328 g/mol. The number of fused-ring (bicyclic) bond motifs is 1. The summed E-state index contributed by atoms with van der Waals surface area (Å²) in [4.78, 5) is 11.7. The molecule has 0 fully saturated rings. The zero-order valence-corrected chi connectivity index (χ0v) is 14.2. The van der Waals surface area contributed by atoms with Crippen LogP contribution in [0.3, 0.4) is 0 Å². The molecule has 0 aliphatic carbocycles. The van der Waals surface area contributed by atoms with E-state index in [1.165, 1.54) is 0 Å². The molecule has 1 aliphatic rings. The number of carbonyl (C=O) groups excluding carboxylic acids is 1. The molecule has 6 heteroatoms. The van der Waals surface area contributed by atoms with Crippen molar-refractivity contribution in [3.63, 3.8) is 0 Å². The van der Waals surface area contributed by atoms with E-state index < -0.39 is 0 Å². The number of hydrogen-bond acceptors (Lipinski definition) is 4. The molecule has 1 aliphatic heterocycles. The van der Waals surface area contributed by atoms with Gasteiger partial charge in [-0.3, -0.25) is 4.79 Å². The first kappa shape index (κ1) is 18.6. The van der Waals surface area contributed by atoms with E-state index in [0.717, 1.165) is 17.1 Å². The van der Waals surface area contributed by atoms with Crippen LogP contribution in [0.5, 0.6) is 11.5 Å². The van der Waals surface area contributed by atoms with Gasteiger partial charge in [-0.25, -0.2) is 0 Å². The highest BCUT2D eigenvalue weighted by Crippen LogP contribution is 2.34. The largest absolute Gasteiger partial charge is 0.486 e. The van der Waals surface area contributed by atoms with E-state index in [2.05, 4.69) is 19.2 Å². The minimum atomic E-state index is -0.191. The third-order valence-corrected chi connectivity index (χ3v) is 3.56. The Morgan fingerprint density at radius 3 is 2.59 bits per heavy atom. The number of halogens is 1. The van der Waals surface area contributed by atoms with Gasteiger partial charge < -0.3 is 20.5 Å². The van der Waals surface area contributed by atoms with Gasteiger partial charge in [0.25, 0.3) is 0 Å². The van der Waals surface area contributed by atoms with Gasteiger partial charge in [-0.1, -0.05) is 19.9 Å². The van der Waals surface area contributed by atoms with Crippen LogP contribution in [0.4, 0.5) is 0 Å². The smallest absolute Gasteiger partial charge is 0.221 e. The van der Waals surface area contributed by atoms with Crippen molar-refractivity contribution in [2.24, 2.45) is 5.73 Å². The van der Waals surface area contributed by atoms with E-state index in [4.69, 9.17) is 15.2 Å². The zero-order valence-electron chi connectivity index (χ0n) is 13.3. The molecule has 0 spiro atoms. The van der Waals surface area contributed by atoms with Crippen LogP contribution in [-0.4, -0.2) is 31.7 Å². The third-order valence-electron chi connectivity index (χ3n) is 3.56. The second-order valence-corrected chi connectivity index (χ2v) is 6.20. The third kappa shape index (κ3) is 4.78. The molecule has 0 radical (unpaired) electrons. The molecule has 124 valence electrons. The molecular formula is C16H25ClN2O3. The van der Waals surface area contributed by atoms with E-state index in [1.54, 1.807) is 0 Å². The van der Waals surface area contributed by atoms with Crippen LogP contribution >= 0.6 is 12.4 Å². The van der Waals surface area contributed by atoms with Crippen LogP contribution in [0, 0.1) is 0 Å². The molecule has 22 heavy (non-hydrogen) atoms. The van der Waals surface area contributed by atoms with Gasteiger partial charge in [0, 0.05) is 24.4 Å². The summed E-state index contributed by atoms with van der Waals surface area (Å²) in [5.41, 5.74) is 6.54. The summed E-state index contributed by atoms with van der Waals surface area (Å²) in [6, 6.07) is 5.81. The van der Waals surface area contributed by atoms with Crippen LogP contribution in [0.2, 0.25) is 0 Å². The maximum absolute atomic E-state index is 11.7. The maximum atomic E-state index is 11.7. The number of nitrogens with two attached hydrogens (primary N) is 1. The van der Waals surface area contributed by atoms with Crippen molar-refractivity contribution in [2.45, 2.75) is 38.6 Å². The SMILES string of the molecule is CC(N)CC(=O)NCC(C)(C)c1ccc2c(c1)OCCO2.Cl.